The van der Waals surface area contributed by atoms with Gasteiger partial charge >= 0.3 is 6.18 Å². The number of alkyl halides is 3. The Morgan fingerprint density at radius 1 is 1.19 bits per heavy atom. The van der Waals surface area contributed by atoms with Crippen molar-refractivity contribution in [3.05, 3.63) is 53.0 Å². The van der Waals surface area contributed by atoms with Crippen LogP contribution in [-0.4, -0.2) is 38.2 Å². The van der Waals surface area contributed by atoms with Crippen molar-refractivity contribution in [2.24, 2.45) is 5.92 Å². The smallest absolute Gasteiger partial charge is 0.356 e. The molecule has 0 saturated carbocycles. The van der Waals surface area contributed by atoms with Gasteiger partial charge in [0.1, 0.15) is 17.3 Å². The molecule has 1 unspecified atom stereocenters. The summed E-state index contributed by atoms with van der Waals surface area (Å²) in [6, 6.07) is 5.99. The molecule has 0 spiro atoms. The van der Waals surface area contributed by atoms with Gasteiger partial charge in [0.25, 0.3) is 0 Å². The summed E-state index contributed by atoms with van der Waals surface area (Å²) in [6.07, 6.45) is -2.93. The van der Waals surface area contributed by atoms with Gasteiger partial charge < -0.3 is 10.2 Å². The van der Waals surface area contributed by atoms with Crippen LogP contribution in [0.1, 0.15) is 56.4 Å². The van der Waals surface area contributed by atoms with Crippen LogP contribution in [0.15, 0.2) is 30.3 Å². The number of anilines is 2. The lowest BCUT2D eigenvalue weighted by molar-refractivity contribution is -0.141. The second-order valence-electron chi connectivity index (χ2n) is 9.03. The minimum atomic E-state index is -4.59. The fraction of sp³-hybridized carbons (Fsp3) is 0.500. The van der Waals surface area contributed by atoms with E-state index >= 15 is 0 Å². The highest BCUT2D eigenvalue weighted by molar-refractivity contribution is 7.92. The number of piperidine rings is 1. The number of hydrogen-bond acceptors (Lipinski definition) is 5. The summed E-state index contributed by atoms with van der Waals surface area (Å²) in [5, 5.41) is 2.70. The third-order valence-electron chi connectivity index (χ3n) is 6.31. The SMILES string of the molecule is CCS(=O)(=O)Nc1ccc(C(C)C(=O)NCc2ccc(C(F)(F)F)nc2N2CCC(C)CC2)cc1F. The third kappa shape index (κ3) is 6.86. The van der Waals surface area contributed by atoms with E-state index in [0.29, 0.717) is 30.1 Å². The quantitative estimate of drug-likeness (QED) is 0.485. The lowest BCUT2D eigenvalue weighted by Gasteiger charge is -2.33. The van der Waals surface area contributed by atoms with Gasteiger partial charge in [-0.05, 0) is 56.4 Å². The Bertz CT molecular complexity index is 1200. The highest BCUT2D eigenvalue weighted by Gasteiger charge is 2.34. The predicted molar refractivity (Wildman–Crippen MR) is 130 cm³/mol. The topological polar surface area (TPSA) is 91.4 Å². The molecule has 198 valence electrons. The Balaban J connectivity index is 1.75. The first-order chi connectivity index (χ1) is 16.8. The number of carbonyl (C=O) groups excluding carboxylic acids is 1. The van der Waals surface area contributed by atoms with Crippen LogP contribution in [0.25, 0.3) is 0 Å². The van der Waals surface area contributed by atoms with E-state index in [1.807, 2.05) is 4.90 Å². The molecule has 1 fully saturated rings. The largest absolute Gasteiger partial charge is 0.433 e. The van der Waals surface area contributed by atoms with E-state index in [4.69, 9.17) is 0 Å². The molecular formula is C24H30F4N4O3S. The van der Waals surface area contributed by atoms with Crippen LogP contribution in [0, 0.1) is 11.7 Å². The van der Waals surface area contributed by atoms with E-state index in [2.05, 4.69) is 21.9 Å². The minimum absolute atomic E-state index is 0.0490. The molecule has 3 rings (SSSR count). The molecule has 7 nitrogen and oxygen atoms in total. The van der Waals surface area contributed by atoms with Crippen molar-refractivity contribution in [1.29, 1.82) is 0 Å². The summed E-state index contributed by atoms with van der Waals surface area (Å²) in [5.41, 5.74) is -0.438. The van der Waals surface area contributed by atoms with Crippen LogP contribution in [0.3, 0.4) is 0 Å². The molecule has 1 saturated heterocycles. The van der Waals surface area contributed by atoms with Gasteiger partial charge in [0.15, 0.2) is 0 Å². The summed E-state index contributed by atoms with van der Waals surface area (Å²) in [4.78, 5) is 18.5. The predicted octanol–water partition coefficient (Wildman–Crippen LogP) is 4.66. The molecule has 2 aromatic rings. The molecule has 1 aliphatic heterocycles. The van der Waals surface area contributed by atoms with Gasteiger partial charge in [0.2, 0.25) is 15.9 Å². The summed E-state index contributed by atoms with van der Waals surface area (Å²) < 4.78 is 79.8. The van der Waals surface area contributed by atoms with E-state index in [1.54, 1.807) is 6.92 Å². The zero-order chi connectivity index (χ0) is 26.7. The first-order valence-corrected chi connectivity index (χ1v) is 13.4. The lowest BCUT2D eigenvalue weighted by Crippen LogP contribution is -2.35. The Kier molecular flexibility index (Phi) is 8.48. The molecule has 0 aliphatic carbocycles. The molecule has 1 amide bonds. The number of pyridine rings is 1. The van der Waals surface area contributed by atoms with E-state index in [1.165, 1.54) is 25.1 Å². The van der Waals surface area contributed by atoms with Crippen LogP contribution >= 0.6 is 0 Å². The first-order valence-electron chi connectivity index (χ1n) is 11.7. The average molecular weight is 531 g/mol. The van der Waals surface area contributed by atoms with Crippen LogP contribution < -0.4 is 14.9 Å². The van der Waals surface area contributed by atoms with Gasteiger partial charge in [-0.25, -0.2) is 17.8 Å². The average Bonchev–Trinajstić information content (AvgIpc) is 2.83. The Morgan fingerprint density at radius 2 is 1.86 bits per heavy atom. The number of nitrogens with one attached hydrogen (secondary N) is 2. The second kappa shape index (κ2) is 11.0. The fourth-order valence-electron chi connectivity index (χ4n) is 3.88. The molecule has 1 aromatic heterocycles. The van der Waals surface area contributed by atoms with Crippen LogP contribution in [0.4, 0.5) is 29.1 Å². The van der Waals surface area contributed by atoms with Crippen molar-refractivity contribution < 1.29 is 30.8 Å². The zero-order valence-corrected chi connectivity index (χ0v) is 21.1. The number of sulfonamides is 1. The molecule has 2 heterocycles. The fourth-order valence-corrected chi connectivity index (χ4v) is 4.52. The molecule has 1 aliphatic rings. The van der Waals surface area contributed by atoms with Gasteiger partial charge in [0, 0.05) is 25.2 Å². The maximum absolute atomic E-state index is 14.4. The molecular weight excluding hydrogens is 500 g/mol. The Labute approximate surface area is 208 Å². The highest BCUT2D eigenvalue weighted by atomic mass is 32.2. The maximum Gasteiger partial charge on any atom is 0.433 e. The van der Waals surface area contributed by atoms with Crippen molar-refractivity contribution in [2.45, 2.75) is 52.3 Å². The monoisotopic (exact) mass is 530 g/mol. The molecule has 0 bridgehead atoms. The van der Waals surface area contributed by atoms with Gasteiger partial charge in [0.05, 0.1) is 17.4 Å². The van der Waals surface area contributed by atoms with E-state index in [9.17, 15) is 30.8 Å². The van der Waals surface area contributed by atoms with E-state index in [0.717, 1.165) is 25.0 Å². The van der Waals surface area contributed by atoms with Crippen molar-refractivity contribution >= 4 is 27.4 Å². The zero-order valence-electron chi connectivity index (χ0n) is 20.3. The lowest BCUT2D eigenvalue weighted by atomic mass is 9.98. The molecule has 1 aromatic carbocycles. The van der Waals surface area contributed by atoms with Crippen LogP contribution in [0.2, 0.25) is 0 Å². The number of aromatic nitrogens is 1. The molecule has 0 radical (unpaired) electrons. The van der Waals surface area contributed by atoms with Crippen molar-refractivity contribution in [1.82, 2.24) is 10.3 Å². The van der Waals surface area contributed by atoms with Crippen LogP contribution in [0.5, 0.6) is 0 Å². The molecule has 36 heavy (non-hydrogen) atoms. The highest BCUT2D eigenvalue weighted by Crippen LogP contribution is 2.32. The summed E-state index contributed by atoms with van der Waals surface area (Å²) in [5.74, 6) is -1.63. The summed E-state index contributed by atoms with van der Waals surface area (Å²) >= 11 is 0. The number of halogens is 4. The number of hydrogen-bond donors (Lipinski definition) is 2. The number of amides is 1. The molecule has 12 heteroatoms. The standard InChI is InChI=1S/C24H30F4N4O3S/c1-4-36(34,35)31-20-7-5-17(13-19(20)25)16(3)23(33)29-14-18-6-8-21(24(26,27)28)30-22(18)32-11-9-15(2)10-12-32/h5-8,13,15-16,31H,4,9-12,14H2,1-3H3,(H,29,33). The molecule has 2 N–H and O–H groups in total. The van der Waals surface area contributed by atoms with Gasteiger partial charge in [-0.3, -0.25) is 9.52 Å². The number of nitrogens with zero attached hydrogens (tertiary/aromatic N) is 2. The second-order valence-corrected chi connectivity index (χ2v) is 11.0. The van der Waals surface area contributed by atoms with Crippen molar-refractivity contribution in [3.63, 3.8) is 0 Å². The number of rotatable bonds is 8. The van der Waals surface area contributed by atoms with E-state index in [-0.39, 0.29) is 23.8 Å². The number of benzene rings is 1. The molecule has 1 atom stereocenters. The summed E-state index contributed by atoms with van der Waals surface area (Å²) in [6.45, 7) is 6.16. The minimum Gasteiger partial charge on any atom is -0.356 e. The van der Waals surface area contributed by atoms with Crippen molar-refractivity contribution in [3.8, 4) is 0 Å². The number of carbonyl (C=O) groups is 1. The van der Waals surface area contributed by atoms with Crippen LogP contribution in [-0.2, 0) is 27.5 Å². The third-order valence-corrected chi connectivity index (χ3v) is 7.61. The Morgan fingerprint density at radius 3 is 2.44 bits per heavy atom. The van der Waals surface area contributed by atoms with Gasteiger partial charge in [-0.15, -0.1) is 0 Å². The normalized spacial score (nSPS) is 16.0. The maximum atomic E-state index is 14.4. The van der Waals surface area contributed by atoms with E-state index < -0.39 is 39.5 Å². The summed E-state index contributed by atoms with van der Waals surface area (Å²) in [7, 11) is -3.66. The van der Waals surface area contributed by atoms with Gasteiger partial charge in [-0.2, -0.15) is 13.2 Å². The Hall–Kier alpha value is -2.89. The first kappa shape index (κ1) is 27.7. The van der Waals surface area contributed by atoms with Gasteiger partial charge in [-0.1, -0.05) is 19.1 Å². The van der Waals surface area contributed by atoms with Crippen molar-refractivity contribution in [2.75, 3.05) is 28.5 Å².